The third-order valence-electron chi connectivity index (χ3n) is 6.63. The molecule has 0 saturated carbocycles. The standard InChI is InChI=1S/C30H38ClF2N4O7P/c1-6-42-45(40,43-7-2)44-19-30(3,4)15-24(37(5)28(38)35-17-21-9-8-10-25(33)27(21)31)18-41-29(39)36-26-14-22-13-23(32)12-11-20(22)16-34-26/h8-14,16,24H,6-7,15,17-19H2,1-5H3,(H,35,38)(H,34,36,39)/t24-/m0/s1. The van der Waals surface area contributed by atoms with Crippen LogP contribution in [0.3, 0.4) is 0 Å². The molecule has 2 N–H and O–H groups in total. The molecule has 3 amide bonds. The number of urea groups is 1. The number of carbonyl (C=O) groups excluding carboxylic acids is 2. The second-order valence-corrected chi connectivity index (χ2v) is 12.9. The van der Waals surface area contributed by atoms with Gasteiger partial charge in [0.05, 0.1) is 30.9 Å². The molecule has 0 aliphatic heterocycles. The number of aromatic nitrogens is 1. The fourth-order valence-electron chi connectivity index (χ4n) is 4.33. The Morgan fingerprint density at radius 2 is 1.78 bits per heavy atom. The van der Waals surface area contributed by atoms with Gasteiger partial charge in [-0.3, -0.25) is 18.9 Å². The molecule has 3 aromatic rings. The van der Waals surface area contributed by atoms with Crippen molar-refractivity contribution in [1.82, 2.24) is 15.2 Å². The maximum atomic E-state index is 13.9. The van der Waals surface area contributed by atoms with Crippen molar-refractivity contribution >= 4 is 48.1 Å². The third-order valence-corrected chi connectivity index (χ3v) is 8.64. The Hall–Kier alpha value is -3.35. The first-order valence-electron chi connectivity index (χ1n) is 14.2. The highest BCUT2D eigenvalue weighted by molar-refractivity contribution is 7.48. The fourth-order valence-corrected chi connectivity index (χ4v) is 5.88. The molecule has 0 radical (unpaired) electrons. The van der Waals surface area contributed by atoms with Crippen LogP contribution in [0.15, 0.2) is 48.7 Å². The molecule has 0 bridgehead atoms. The van der Waals surface area contributed by atoms with Crippen molar-refractivity contribution < 1.29 is 41.2 Å². The molecule has 1 aromatic heterocycles. The van der Waals surface area contributed by atoms with Crippen molar-refractivity contribution in [2.24, 2.45) is 5.41 Å². The number of phosphoric ester groups is 1. The van der Waals surface area contributed by atoms with E-state index in [0.29, 0.717) is 16.3 Å². The van der Waals surface area contributed by atoms with Gasteiger partial charge in [-0.1, -0.05) is 37.6 Å². The first kappa shape index (κ1) is 36.1. The van der Waals surface area contributed by atoms with E-state index in [0.717, 1.165) is 0 Å². The molecule has 0 saturated heterocycles. The summed E-state index contributed by atoms with van der Waals surface area (Å²) >= 11 is 6.03. The molecule has 1 heterocycles. The number of fused-ring (bicyclic) bond motifs is 1. The maximum Gasteiger partial charge on any atom is 0.474 e. The topological polar surface area (TPSA) is 128 Å². The van der Waals surface area contributed by atoms with Gasteiger partial charge in [0, 0.05) is 25.2 Å². The highest BCUT2D eigenvalue weighted by Crippen LogP contribution is 2.50. The van der Waals surface area contributed by atoms with Crippen LogP contribution in [0, 0.1) is 17.0 Å². The van der Waals surface area contributed by atoms with Gasteiger partial charge in [0.2, 0.25) is 0 Å². The molecule has 0 aliphatic rings. The average molecular weight is 671 g/mol. The monoisotopic (exact) mass is 670 g/mol. The van der Waals surface area contributed by atoms with Gasteiger partial charge in [0.1, 0.15) is 24.1 Å². The third kappa shape index (κ3) is 10.9. The van der Waals surface area contributed by atoms with Crippen LogP contribution < -0.4 is 10.6 Å². The number of hydrogen-bond donors (Lipinski definition) is 2. The summed E-state index contributed by atoms with van der Waals surface area (Å²) < 4.78 is 61.9. The minimum absolute atomic E-state index is 0.0551. The van der Waals surface area contributed by atoms with Crippen LogP contribution in [0.1, 0.15) is 39.7 Å². The largest absolute Gasteiger partial charge is 0.474 e. The highest BCUT2D eigenvalue weighted by Gasteiger charge is 2.34. The Morgan fingerprint density at radius 1 is 1.07 bits per heavy atom. The Bertz CT molecular complexity index is 1520. The lowest BCUT2D eigenvalue weighted by Gasteiger charge is -2.35. The van der Waals surface area contributed by atoms with Crippen LogP contribution >= 0.6 is 19.4 Å². The van der Waals surface area contributed by atoms with Crippen molar-refractivity contribution in [2.45, 2.75) is 46.7 Å². The minimum atomic E-state index is -3.81. The van der Waals surface area contributed by atoms with Gasteiger partial charge < -0.3 is 15.0 Å². The molecule has 3 rings (SSSR count). The quantitative estimate of drug-likeness (QED) is 0.159. The first-order valence-corrected chi connectivity index (χ1v) is 16.1. The van der Waals surface area contributed by atoms with Crippen LogP contribution in [0.5, 0.6) is 0 Å². The van der Waals surface area contributed by atoms with E-state index >= 15 is 0 Å². The molecule has 2 aromatic carbocycles. The number of likely N-dealkylation sites (N-methyl/N-ethyl adjacent to an activating group) is 1. The molecular formula is C30H38ClF2N4O7P. The van der Waals surface area contributed by atoms with Crippen molar-refractivity contribution in [3.8, 4) is 0 Å². The summed E-state index contributed by atoms with van der Waals surface area (Å²) in [6.07, 6.45) is 0.855. The lowest BCUT2D eigenvalue weighted by atomic mass is 9.86. The number of anilines is 1. The van der Waals surface area contributed by atoms with Gasteiger partial charge in [0.15, 0.2) is 0 Å². The Kier molecular flexibility index (Phi) is 13.1. The van der Waals surface area contributed by atoms with Crippen LogP contribution in [0.2, 0.25) is 5.02 Å². The van der Waals surface area contributed by atoms with Gasteiger partial charge in [-0.05, 0) is 67.0 Å². The van der Waals surface area contributed by atoms with Gasteiger partial charge >= 0.3 is 19.9 Å². The maximum absolute atomic E-state index is 13.9. The zero-order valence-corrected chi connectivity index (χ0v) is 27.4. The van der Waals surface area contributed by atoms with Crippen LogP contribution in [-0.2, 0) is 29.4 Å². The molecule has 0 spiro atoms. The molecule has 246 valence electrons. The van der Waals surface area contributed by atoms with Crippen LogP contribution in [-0.4, -0.2) is 61.5 Å². The number of nitrogens with zero attached hydrogens (tertiary/aromatic N) is 2. The molecule has 11 nitrogen and oxygen atoms in total. The summed E-state index contributed by atoms with van der Waals surface area (Å²) in [7, 11) is -2.30. The molecule has 1 atom stereocenters. The lowest BCUT2D eigenvalue weighted by Crippen LogP contribution is -2.48. The number of halogens is 3. The highest BCUT2D eigenvalue weighted by atomic mass is 35.5. The number of pyridine rings is 1. The second-order valence-electron chi connectivity index (χ2n) is 10.8. The molecule has 0 unspecified atom stereocenters. The van der Waals surface area contributed by atoms with Crippen LogP contribution in [0.25, 0.3) is 10.8 Å². The van der Waals surface area contributed by atoms with E-state index in [1.165, 1.54) is 48.5 Å². The Labute approximate surface area is 266 Å². The predicted molar refractivity (Wildman–Crippen MR) is 167 cm³/mol. The molecule has 0 aliphatic carbocycles. The molecule has 15 heteroatoms. The number of amides is 3. The SMILES string of the molecule is CCOP(=O)(OCC)OCC(C)(C)C[C@@H](COC(=O)Nc1cc2cc(F)ccc2cn1)N(C)C(=O)NCc1cccc(F)c1Cl. The van der Waals surface area contributed by atoms with Crippen molar-refractivity contribution in [3.05, 3.63) is 70.9 Å². The Balaban J connectivity index is 1.72. The van der Waals surface area contributed by atoms with E-state index < -0.39 is 43.0 Å². The van der Waals surface area contributed by atoms with Crippen molar-refractivity contribution in [2.75, 3.05) is 38.8 Å². The summed E-state index contributed by atoms with van der Waals surface area (Å²) in [6.45, 7) is 6.81. The van der Waals surface area contributed by atoms with Crippen LogP contribution in [0.4, 0.5) is 24.2 Å². The van der Waals surface area contributed by atoms with E-state index in [-0.39, 0.29) is 50.2 Å². The molecule has 45 heavy (non-hydrogen) atoms. The number of benzene rings is 2. The summed E-state index contributed by atoms with van der Waals surface area (Å²) in [5.74, 6) is -0.904. The van der Waals surface area contributed by atoms with E-state index in [2.05, 4.69) is 15.6 Å². The summed E-state index contributed by atoms with van der Waals surface area (Å²) in [6, 6.07) is 8.71. The fraction of sp³-hybridized carbons (Fsp3) is 0.433. The number of carbonyl (C=O) groups is 2. The zero-order valence-electron chi connectivity index (χ0n) is 25.8. The zero-order chi connectivity index (χ0) is 33.2. The average Bonchev–Trinajstić information content (AvgIpc) is 2.98. The Morgan fingerprint density at radius 3 is 2.47 bits per heavy atom. The second kappa shape index (κ2) is 16.3. The van der Waals surface area contributed by atoms with Crippen molar-refractivity contribution in [3.63, 3.8) is 0 Å². The van der Waals surface area contributed by atoms with Gasteiger partial charge in [0.25, 0.3) is 0 Å². The van der Waals surface area contributed by atoms with Gasteiger partial charge in [-0.2, -0.15) is 0 Å². The smallest absolute Gasteiger partial charge is 0.447 e. The van der Waals surface area contributed by atoms with Gasteiger partial charge in [-0.15, -0.1) is 0 Å². The number of rotatable bonds is 15. The number of phosphoric acid groups is 1. The minimum Gasteiger partial charge on any atom is -0.447 e. The normalized spacial score (nSPS) is 12.5. The van der Waals surface area contributed by atoms with Crippen molar-refractivity contribution in [1.29, 1.82) is 0 Å². The molecule has 0 fully saturated rings. The number of nitrogens with one attached hydrogen (secondary N) is 2. The van der Waals surface area contributed by atoms with E-state index in [9.17, 15) is 22.9 Å². The van der Waals surface area contributed by atoms with E-state index in [4.69, 9.17) is 29.9 Å². The lowest BCUT2D eigenvalue weighted by molar-refractivity contribution is 0.0562. The number of hydrogen-bond acceptors (Lipinski definition) is 8. The van der Waals surface area contributed by atoms with E-state index in [1.807, 2.05) is 13.8 Å². The number of ether oxygens (including phenoxy) is 1. The summed E-state index contributed by atoms with van der Waals surface area (Å²) in [5, 5.41) is 6.32. The summed E-state index contributed by atoms with van der Waals surface area (Å²) in [4.78, 5) is 31.4. The van der Waals surface area contributed by atoms with Gasteiger partial charge in [-0.25, -0.2) is 27.9 Å². The summed E-state index contributed by atoms with van der Waals surface area (Å²) in [5.41, 5.74) is -0.344. The first-order chi connectivity index (χ1) is 21.3. The predicted octanol–water partition coefficient (Wildman–Crippen LogP) is 7.54. The molecular weight excluding hydrogens is 633 g/mol. The van der Waals surface area contributed by atoms with E-state index in [1.54, 1.807) is 26.0 Å².